The first kappa shape index (κ1) is 13.5. The third-order valence-corrected chi connectivity index (χ3v) is 6.58. The van der Waals surface area contributed by atoms with Crippen molar-refractivity contribution in [3.63, 3.8) is 0 Å². The van der Waals surface area contributed by atoms with Gasteiger partial charge in [0.1, 0.15) is 5.82 Å². The third-order valence-electron chi connectivity index (χ3n) is 6.58. The zero-order valence-corrected chi connectivity index (χ0v) is 13.5. The molecule has 120 valence electrons. The molecule has 0 atom stereocenters. The number of anilines is 1. The van der Waals surface area contributed by atoms with Gasteiger partial charge in [-0.3, -0.25) is 4.79 Å². The van der Waals surface area contributed by atoms with Crippen molar-refractivity contribution in [3.05, 3.63) is 29.3 Å². The summed E-state index contributed by atoms with van der Waals surface area (Å²) in [7, 11) is 2.15. The molecule has 1 saturated heterocycles. The Morgan fingerprint density at radius 1 is 1.26 bits per heavy atom. The normalized spacial score (nSPS) is 22.2. The second-order valence-corrected chi connectivity index (χ2v) is 7.53. The summed E-state index contributed by atoms with van der Waals surface area (Å²) in [5.41, 5.74) is 3.10. The lowest BCUT2D eigenvalue weighted by Gasteiger charge is -2.41. The summed E-state index contributed by atoms with van der Waals surface area (Å²) in [4.78, 5) is 14.4. The number of carboxylic acids is 1. The molecule has 4 heterocycles. The Morgan fingerprint density at radius 3 is 2.61 bits per heavy atom. The number of aliphatic carboxylic acids is 1. The molecule has 4 nitrogen and oxygen atoms in total. The maximum Gasteiger partial charge on any atom is 0.314 e. The highest BCUT2D eigenvalue weighted by atomic mass is 16.4. The van der Waals surface area contributed by atoms with Gasteiger partial charge in [-0.1, -0.05) is 12.5 Å². The second kappa shape index (κ2) is 4.31. The fraction of sp³-hybridized carbons (Fsp3) is 0.526. The average molecular weight is 310 g/mol. The maximum atomic E-state index is 11.8. The van der Waals surface area contributed by atoms with E-state index in [4.69, 9.17) is 0 Å². The first-order chi connectivity index (χ1) is 11.1. The molecular formula is C19H22N2O2. The quantitative estimate of drug-likeness (QED) is 0.925. The molecule has 0 unspecified atom stereocenters. The molecule has 2 fully saturated rings. The van der Waals surface area contributed by atoms with E-state index < -0.39 is 11.4 Å². The van der Waals surface area contributed by atoms with Crippen molar-refractivity contribution in [2.24, 2.45) is 7.05 Å². The lowest BCUT2D eigenvalue weighted by atomic mass is 9.64. The van der Waals surface area contributed by atoms with Crippen molar-refractivity contribution in [3.8, 4) is 0 Å². The van der Waals surface area contributed by atoms with E-state index in [1.54, 1.807) is 0 Å². The van der Waals surface area contributed by atoms with Gasteiger partial charge in [0.15, 0.2) is 0 Å². The van der Waals surface area contributed by atoms with Gasteiger partial charge in [-0.15, -0.1) is 0 Å². The Kier molecular flexibility index (Phi) is 2.52. The molecule has 3 aliphatic heterocycles. The number of fused-ring (bicyclic) bond motifs is 3. The Balaban J connectivity index is 1.76. The third kappa shape index (κ3) is 1.54. The smallest absolute Gasteiger partial charge is 0.314 e. The van der Waals surface area contributed by atoms with Gasteiger partial charge in [-0.2, -0.15) is 0 Å². The van der Waals surface area contributed by atoms with E-state index in [1.165, 1.54) is 35.1 Å². The predicted molar refractivity (Wildman–Crippen MR) is 90.3 cm³/mol. The zero-order valence-electron chi connectivity index (χ0n) is 13.5. The number of benzene rings is 1. The van der Waals surface area contributed by atoms with Crippen LogP contribution >= 0.6 is 0 Å². The maximum absolute atomic E-state index is 11.8. The molecule has 1 aliphatic carbocycles. The van der Waals surface area contributed by atoms with Crippen LogP contribution in [-0.2, 0) is 17.3 Å². The van der Waals surface area contributed by atoms with Crippen LogP contribution in [0.5, 0.6) is 0 Å². The van der Waals surface area contributed by atoms with Crippen LogP contribution in [-0.4, -0.2) is 28.7 Å². The van der Waals surface area contributed by atoms with Crippen molar-refractivity contribution in [1.82, 2.24) is 4.57 Å². The van der Waals surface area contributed by atoms with Crippen molar-refractivity contribution >= 4 is 22.7 Å². The summed E-state index contributed by atoms with van der Waals surface area (Å²) in [6.07, 6.45) is 5.05. The van der Waals surface area contributed by atoms with E-state index in [2.05, 4.69) is 34.7 Å². The topological polar surface area (TPSA) is 45.5 Å². The summed E-state index contributed by atoms with van der Waals surface area (Å²) >= 11 is 0. The van der Waals surface area contributed by atoms with Gasteiger partial charge in [0.05, 0.1) is 5.41 Å². The minimum Gasteiger partial charge on any atom is -0.481 e. The van der Waals surface area contributed by atoms with Crippen LogP contribution in [0.3, 0.4) is 0 Å². The van der Waals surface area contributed by atoms with Gasteiger partial charge in [0.2, 0.25) is 0 Å². The molecule has 1 aromatic carbocycles. The van der Waals surface area contributed by atoms with E-state index in [0.29, 0.717) is 5.92 Å². The summed E-state index contributed by atoms with van der Waals surface area (Å²) in [5.74, 6) is 1.37. The van der Waals surface area contributed by atoms with Crippen LogP contribution in [0.4, 0.5) is 5.82 Å². The van der Waals surface area contributed by atoms with Gasteiger partial charge in [0, 0.05) is 36.6 Å². The average Bonchev–Trinajstić information content (AvgIpc) is 2.83. The summed E-state index contributed by atoms with van der Waals surface area (Å²) in [6, 6.07) is 6.40. The highest BCUT2D eigenvalue weighted by molar-refractivity contribution is 5.94. The molecule has 0 radical (unpaired) electrons. The number of piperidine rings is 1. The molecule has 0 amide bonds. The predicted octanol–water partition coefficient (Wildman–Crippen LogP) is 3.38. The number of carboxylic acid groups (broad SMARTS) is 1. The van der Waals surface area contributed by atoms with E-state index in [0.717, 1.165) is 37.9 Å². The second-order valence-electron chi connectivity index (χ2n) is 7.53. The molecule has 0 spiro atoms. The number of hydrogen-bond acceptors (Lipinski definition) is 2. The van der Waals surface area contributed by atoms with E-state index >= 15 is 0 Å². The van der Waals surface area contributed by atoms with Crippen molar-refractivity contribution in [2.45, 2.75) is 43.4 Å². The first-order valence-electron chi connectivity index (χ1n) is 8.73. The van der Waals surface area contributed by atoms with Gasteiger partial charge in [-0.05, 0) is 49.3 Å². The fourth-order valence-corrected chi connectivity index (χ4v) is 5.08. The summed E-state index contributed by atoms with van der Waals surface area (Å²) in [5, 5.41) is 11.0. The van der Waals surface area contributed by atoms with Crippen LogP contribution in [0.2, 0.25) is 0 Å². The van der Waals surface area contributed by atoms with E-state index in [-0.39, 0.29) is 0 Å². The fourth-order valence-electron chi connectivity index (χ4n) is 5.08. The van der Waals surface area contributed by atoms with E-state index in [9.17, 15) is 9.90 Å². The summed E-state index contributed by atoms with van der Waals surface area (Å²) < 4.78 is 2.31. The van der Waals surface area contributed by atoms with E-state index in [1.807, 2.05) is 0 Å². The highest BCUT2D eigenvalue weighted by Crippen LogP contribution is 2.50. The molecule has 1 saturated carbocycles. The Labute approximate surface area is 135 Å². The van der Waals surface area contributed by atoms with Crippen molar-refractivity contribution in [1.29, 1.82) is 0 Å². The molecule has 23 heavy (non-hydrogen) atoms. The zero-order chi connectivity index (χ0) is 15.8. The van der Waals surface area contributed by atoms with Gasteiger partial charge >= 0.3 is 5.97 Å². The highest BCUT2D eigenvalue weighted by Gasteiger charge is 2.46. The Bertz CT molecular complexity index is 823. The van der Waals surface area contributed by atoms with Crippen molar-refractivity contribution in [2.75, 3.05) is 18.0 Å². The van der Waals surface area contributed by atoms with Gasteiger partial charge in [0.25, 0.3) is 0 Å². The molecule has 1 N–H and O–H groups in total. The van der Waals surface area contributed by atoms with Crippen LogP contribution < -0.4 is 4.90 Å². The minimum absolute atomic E-state index is 0.634. The van der Waals surface area contributed by atoms with Crippen molar-refractivity contribution < 1.29 is 9.90 Å². The number of hydrogen-bond donors (Lipinski definition) is 1. The van der Waals surface area contributed by atoms with Gasteiger partial charge < -0.3 is 14.6 Å². The van der Waals surface area contributed by atoms with Crippen LogP contribution in [0, 0.1) is 0 Å². The first-order valence-corrected chi connectivity index (χ1v) is 8.73. The number of carbonyl (C=O) groups is 1. The number of rotatable bonds is 2. The number of aryl methyl sites for hydroxylation is 1. The van der Waals surface area contributed by atoms with Crippen LogP contribution in [0.1, 0.15) is 49.1 Å². The number of aromatic nitrogens is 1. The number of nitrogens with zero attached hydrogens (tertiary/aromatic N) is 2. The monoisotopic (exact) mass is 310 g/mol. The minimum atomic E-state index is -0.654. The molecular weight excluding hydrogens is 288 g/mol. The Morgan fingerprint density at radius 2 is 2.00 bits per heavy atom. The molecule has 4 aliphatic rings. The molecule has 6 rings (SSSR count). The summed E-state index contributed by atoms with van der Waals surface area (Å²) in [6.45, 7) is 2.32. The SMILES string of the molecule is Cn1c2c(c3cc(C4(C(=O)O)CCC4)ccc31)C1CCN2CC1. The molecule has 2 bridgehead atoms. The standard InChI is InChI=1S/C19H22N2O2/c1-20-15-4-3-13(19(18(22)23)7-2-8-19)11-14(15)16-12-5-9-21(10-6-12)17(16)20/h3-4,11-12H,2,5-10H2,1H3,(H,22,23). The van der Waals surface area contributed by atoms with Crippen LogP contribution in [0.25, 0.3) is 10.9 Å². The van der Waals surface area contributed by atoms with Gasteiger partial charge in [-0.25, -0.2) is 0 Å². The Hall–Kier alpha value is -1.97. The molecule has 2 aromatic rings. The lowest BCUT2D eigenvalue weighted by molar-refractivity contribution is -0.147. The largest absolute Gasteiger partial charge is 0.481 e. The lowest BCUT2D eigenvalue weighted by Crippen LogP contribution is -2.42. The molecule has 1 aromatic heterocycles. The van der Waals surface area contributed by atoms with Crippen LogP contribution in [0.15, 0.2) is 18.2 Å². The molecule has 4 heteroatoms.